The van der Waals surface area contributed by atoms with Crippen LogP contribution in [0.1, 0.15) is 49.1 Å². The van der Waals surface area contributed by atoms with Crippen molar-refractivity contribution in [2.45, 2.75) is 44.9 Å². The molecule has 1 aromatic rings. The highest BCUT2D eigenvalue weighted by molar-refractivity contribution is 5.39. The second-order valence-electron chi connectivity index (χ2n) is 4.45. The first-order valence-corrected chi connectivity index (χ1v) is 5.70. The van der Waals surface area contributed by atoms with E-state index < -0.39 is 0 Å². The lowest BCUT2D eigenvalue weighted by atomic mass is 9.83. The molecule has 0 amide bonds. The summed E-state index contributed by atoms with van der Waals surface area (Å²) in [6.07, 6.45) is 6.16. The van der Waals surface area contributed by atoms with Gasteiger partial charge in [-0.25, -0.2) is 0 Å². The Labute approximate surface area is 90.2 Å². The molecular formula is C13H17FO. The van der Waals surface area contributed by atoms with E-state index in [0.717, 1.165) is 5.56 Å². The van der Waals surface area contributed by atoms with Crippen molar-refractivity contribution in [3.05, 3.63) is 29.3 Å². The van der Waals surface area contributed by atoms with Crippen LogP contribution in [0.15, 0.2) is 18.2 Å². The summed E-state index contributed by atoms with van der Waals surface area (Å²) in [6, 6.07) is 5.69. The standard InChI is InChI=1S/C13H17FO/c1-10-7-8-13(15-14)12(9-10)11-5-3-2-4-6-11/h7-9,11H,2-6H2,1H3. The summed E-state index contributed by atoms with van der Waals surface area (Å²) >= 11 is 0. The summed E-state index contributed by atoms with van der Waals surface area (Å²) in [7, 11) is 0. The fourth-order valence-electron chi connectivity index (χ4n) is 2.47. The Morgan fingerprint density at radius 2 is 1.93 bits per heavy atom. The minimum absolute atomic E-state index is 0.410. The Hall–Kier alpha value is -1.05. The molecule has 0 aromatic heterocycles. The molecule has 1 fully saturated rings. The molecule has 0 bridgehead atoms. The summed E-state index contributed by atoms with van der Waals surface area (Å²) in [5.74, 6) is 0.900. The lowest BCUT2D eigenvalue weighted by Gasteiger charge is -2.23. The molecule has 2 heteroatoms. The summed E-state index contributed by atoms with van der Waals surface area (Å²) in [5.41, 5.74) is 2.23. The van der Waals surface area contributed by atoms with Gasteiger partial charge in [-0.05, 0) is 31.7 Å². The van der Waals surface area contributed by atoms with Crippen molar-refractivity contribution in [1.82, 2.24) is 0 Å². The van der Waals surface area contributed by atoms with Gasteiger partial charge in [0.1, 0.15) is 0 Å². The van der Waals surface area contributed by atoms with Crippen LogP contribution in [0.4, 0.5) is 4.53 Å². The fourth-order valence-corrected chi connectivity index (χ4v) is 2.47. The van der Waals surface area contributed by atoms with E-state index in [1.807, 2.05) is 13.0 Å². The molecule has 1 aliphatic carbocycles. The maximum absolute atomic E-state index is 12.4. The molecule has 0 saturated heterocycles. The number of rotatable bonds is 2. The van der Waals surface area contributed by atoms with Crippen LogP contribution in [-0.4, -0.2) is 0 Å². The van der Waals surface area contributed by atoms with Gasteiger partial charge in [-0.2, -0.15) is 0 Å². The summed E-state index contributed by atoms with van der Waals surface area (Å²) in [6.45, 7) is 2.04. The molecule has 1 saturated carbocycles. The predicted molar refractivity (Wildman–Crippen MR) is 58.7 cm³/mol. The Bertz CT molecular complexity index is 329. The Balaban J connectivity index is 2.27. The first-order valence-electron chi connectivity index (χ1n) is 5.70. The SMILES string of the molecule is Cc1ccc(OF)c(C2CCCCC2)c1. The van der Waals surface area contributed by atoms with Crippen molar-refractivity contribution in [1.29, 1.82) is 0 Å². The first-order chi connectivity index (χ1) is 7.31. The molecule has 0 atom stereocenters. The molecule has 2 rings (SSSR count). The van der Waals surface area contributed by atoms with Crippen LogP contribution in [0.2, 0.25) is 0 Å². The van der Waals surface area contributed by atoms with Crippen LogP contribution in [0.25, 0.3) is 0 Å². The van der Waals surface area contributed by atoms with E-state index in [9.17, 15) is 4.53 Å². The van der Waals surface area contributed by atoms with E-state index in [-0.39, 0.29) is 0 Å². The van der Waals surface area contributed by atoms with Crippen LogP contribution in [0.5, 0.6) is 5.75 Å². The fraction of sp³-hybridized carbons (Fsp3) is 0.538. The molecule has 0 heterocycles. The van der Waals surface area contributed by atoms with E-state index in [4.69, 9.17) is 0 Å². The average molecular weight is 208 g/mol. The lowest BCUT2D eigenvalue weighted by molar-refractivity contribution is -0.00795. The third kappa shape index (κ3) is 2.31. The molecular weight excluding hydrogens is 191 g/mol. The summed E-state index contributed by atoms with van der Waals surface area (Å²) < 4.78 is 12.4. The predicted octanol–water partition coefficient (Wildman–Crippen LogP) is 4.31. The van der Waals surface area contributed by atoms with Crippen molar-refractivity contribution in [2.24, 2.45) is 0 Å². The van der Waals surface area contributed by atoms with Crippen molar-refractivity contribution in [3.63, 3.8) is 0 Å². The minimum atomic E-state index is 0.410. The topological polar surface area (TPSA) is 9.23 Å². The van der Waals surface area contributed by atoms with E-state index >= 15 is 0 Å². The zero-order chi connectivity index (χ0) is 10.7. The van der Waals surface area contributed by atoms with E-state index in [1.54, 1.807) is 6.07 Å². The van der Waals surface area contributed by atoms with Gasteiger partial charge in [-0.15, -0.1) is 0 Å². The third-order valence-electron chi connectivity index (χ3n) is 3.29. The quantitative estimate of drug-likeness (QED) is 0.703. The molecule has 0 spiro atoms. The smallest absolute Gasteiger partial charge is 0.175 e. The number of hydrogen-bond acceptors (Lipinski definition) is 1. The number of benzene rings is 1. The van der Waals surface area contributed by atoms with Crippen molar-refractivity contribution < 1.29 is 9.47 Å². The molecule has 0 unspecified atom stereocenters. The molecule has 1 aliphatic rings. The number of aryl methyl sites for hydroxylation is 1. The molecule has 0 N–H and O–H groups in total. The van der Waals surface area contributed by atoms with Crippen LogP contribution >= 0.6 is 0 Å². The Morgan fingerprint density at radius 3 is 2.60 bits per heavy atom. The van der Waals surface area contributed by atoms with Gasteiger partial charge >= 0.3 is 0 Å². The molecule has 15 heavy (non-hydrogen) atoms. The highest BCUT2D eigenvalue weighted by Gasteiger charge is 2.19. The zero-order valence-corrected chi connectivity index (χ0v) is 9.13. The largest absolute Gasteiger partial charge is 0.294 e. The van der Waals surface area contributed by atoms with E-state index in [2.05, 4.69) is 11.0 Å². The second kappa shape index (κ2) is 4.65. The normalized spacial score (nSPS) is 17.7. The zero-order valence-electron chi connectivity index (χ0n) is 9.13. The van der Waals surface area contributed by atoms with Gasteiger partial charge < -0.3 is 0 Å². The molecule has 82 valence electrons. The van der Waals surface area contributed by atoms with Gasteiger partial charge in [0, 0.05) is 10.1 Å². The average Bonchev–Trinajstić information content (AvgIpc) is 2.30. The summed E-state index contributed by atoms with van der Waals surface area (Å²) in [5, 5.41) is 0. The highest BCUT2D eigenvalue weighted by Crippen LogP contribution is 2.37. The third-order valence-corrected chi connectivity index (χ3v) is 3.29. The van der Waals surface area contributed by atoms with Crippen molar-refractivity contribution in [3.8, 4) is 5.75 Å². The highest BCUT2D eigenvalue weighted by atomic mass is 19.3. The number of hydrogen-bond donors (Lipinski definition) is 0. The van der Waals surface area contributed by atoms with Gasteiger partial charge in [0.25, 0.3) is 0 Å². The maximum atomic E-state index is 12.4. The van der Waals surface area contributed by atoms with Crippen molar-refractivity contribution >= 4 is 0 Å². The lowest BCUT2D eigenvalue weighted by Crippen LogP contribution is -2.05. The first kappa shape index (κ1) is 10.5. The molecule has 0 radical (unpaired) electrons. The van der Waals surface area contributed by atoms with E-state index in [0.29, 0.717) is 11.7 Å². The monoisotopic (exact) mass is 208 g/mol. The van der Waals surface area contributed by atoms with E-state index in [1.165, 1.54) is 37.7 Å². The van der Waals surface area contributed by atoms with Gasteiger partial charge in [0.2, 0.25) is 0 Å². The van der Waals surface area contributed by atoms with Crippen LogP contribution < -0.4 is 4.94 Å². The van der Waals surface area contributed by atoms with Crippen LogP contribution in [0.3, 0.4) is 0 Å². The van der Waals surface area contributed by atoms with Gasteiger partial charge in [0.05, 0.1) is 0 Å². The Morgan fingerprint density at radius 1 is 1.20 bits per heavy atom. The molecule has 0 aliphatic heterocycles. The van der Waals surface area contributed by atoms with Crippen LogP contribution in [-0.2, 0) is 0 Å². The van der Waals surface area contributed by atoms with Gasteiger partial charge in [-0.3, -0.25) is 4.94 Å². The number of halogens is 1. The van der Waals surface area contributed by atoms with Crippen LogP contribution in [0, 0.1) is 6.92 Å². The minimum Gasteiger partial charge on any atom is -0.294 e. The maximum Gasteiger partial charge on any atom is 0.175 e. The van der Waals surface area contributed by atoms with Gasteiger partial charge in [-0.1, -0.05) is 37.0 Å². The van der Waals surface area contributed by atoms with Gasteiger partial charge in [0.15, 0.2) is 5.75 Å². The summed E-state index contributed by atoms with van der Waals surface area (Å²) in [4.78, 5) is 3.95. The molecule has 1 nitrogen and oxygen atoms in total. The Kier molecular flexibility index (Phi) is 3.24. The molecule has 1 aromatic carbocycles. The van der Waals surface area contributed by atoms with Crippen molar-refractivity contribution in [2.75, 3.05) is 0 Å². The second-order valence-corrected chi connectivity index (χ2v) is 4.45.